The van der Waals surface area contributed by atoms with Crippen LogP contribution < -0.4 is 10.6 Å². The normalized spacial score (nSPS) is 15.3. The average Bonchev–Trinajstić information content (AvgIpc) is 2.62. The van der Waals surface area contributed by atoms with Crippen molar-refractivity contribution in [2.75, 3.05) is 26.2 Å². The molecule has 0 radical (unpaired) electrons. The molecule has 6 nitrogen and oxygen atoms in total. The molecule has 2 N–H and O–H groups in total. The fourth-order valence-corrected chi connectivity index (χ4v) is 3.17. The van der Waals surface area contributed by atoms with Crippen molar-refractivity contribution in [2.45, 2.75) is 78.2 Å². The van der Waals surface area contributed by atoms with Gasteiger partial charge in [0.15, 0.2) is 0 Å². The number of unbranched alkanes of at least 4 members (excludes halogenated alkanes) is 3. The molecule has 0 bridgehead atoms. The van der Waals surface area contributed by atoms with Crippen LogP contribution in [-0.2, 0) is 14.4 Å². The van der Waals surface area contributed by atoms with Gasteiger partial charge in [-0.15, -0.1) is 0 Å². The number of carbonyl (C=O) groups excluding carboxylic acids is 3. The number of ketones is 1. The number of rotatable bonds is 12. The summed E-state index contributed by atoms with van der Waals surface area (Å²) < 4.78 is 0. The van der Waals surface area contributed by atoms with Crippen molar-refractivity contribution in [2.24, 2.45) is 5.92 Å². The number of carbonyl (C=O) groups is 3. The smallest absolute Gasteiger partial charge is 0.234 e. The first-order chi connectivity index (χ1) is 12.4. The van der Waals surface area contributed by atoms with Crippen molar-refractivity contribution < 1.29 is 14.4 Å². The minimum absolute atomic E-state index is 0.0348. The van der Waals surface area contributed by atoms with Gasteiger partial charge in [-0.05, 0) is 32.2 Å². The average molecular weight is 368 g/mol. The lowest BCUT2D eigenvalue weighted by molar-refractivity contribution is -0.132. The summed E-state index contributed by atoms with van der Waals surface area (Å²) in [7, 11) is 0. The lowest BCUT2D eigenvalue weighted by atomic mass is 10.0. The number of likely N-dealkylation sites (N-methyl/N-ethyl adjacent to an activating group) is 1. The van der Waals surface area contributed by atoms with Gasteiger partial charge < -0.3 is 15.5 Å². The van der Waals surface area contributed by atoms with E-state index in [0.29, 0.717) is 25.2 Å². The van der Waals surface area contributed by atoms with Gasteiger partial charge >= 0.3 is 0 Å². The van der Waals surface area contributed by atoms with Crippen molar-refractivity contribution in [1.82, 2.24) is 15.5 Å². The second-order valence-corrected chi connectivity index (χ2v) is 7.54. The minimum Gasteiger partial charge on any atom is -0.352 e. The van der Waals surface area contributed by atoms with Gasteiger partial charge in [-0.1, -0.05) is 33.6 Å². The molecule has 0 aromatic heterocycles. The molecule has 1 aliphatic rings. The molecule has 150 valence electrons. The lowest BCUT2D eigenvalue weighted by Gasteiger charge is -2.32. The second kappa shape index (κ2) is 12.8. The first-order valence-corrected chi connectivity index (χ1v) is 10.2. The zero-order valence-electron chi connectivity index (χ0n) is 16.8. The third-order valence-electron chi connectivity index (χ3n) is 4.96. The monoisotopic (exact) mass is 367 g/mol. The molecule has 6 heteroatoms. The number of hydrogen-bond acceptors (Lipinski definition) is 4. The first kappa shape index (κ1) is 22.6. The third-order valence-corrected chi connectivity index (χ3v) is 4.96. The molecule has 0 aromatic carbocycles. The minimum atomic E-state index is 0.0348. The molecular formula is C20H37N3O3. The highest BCUT2D eigenvalue weighted by molar-refractivity contribution is 5.80. The maximum atomic E-state index is 12.3. The molecule has 2 amide bonds. The Morgan fingerprint density at radius 2 is 1.62 bits per heavy atom. The summed E-state index contributed by atoms with van der Waals surface area (Å²) in [6.45, 7) is 8.46. The lowest BCUT2D eigenvalue weighted by Crippen LogP contribution is -2.48. The third kappa shape index (κ3) is 9.32. The number of nitrogens with zero attached hydrogens (tertiary/aromatic N) is 1. The fourth-order valence-electron chi connectivity index (χ4n) is 3.17. The summed E-state index contributed by atoms with van der Waals surface area (Å²) in [4.78, 5) is 37.5. The summed E-state index contributed by atoms with van der Waals surface area (Å²) >= 11 is 0. The molecule has 0 spiro atoms. The van der Waals surface area contributed by atoms with E-state index in [-0.39, 0.29) is 23.8 Å². The summed E-state index contributed by atoms with van der Waals surface area (Å²) in [6, 6.07) is 0.184. The van der Waals surface area contributed by atoms with E-state index >= 15 is 0 Å². The molecule has 0 saturated carbocycles. The van der Waals surface area contributed by atoms with E-state index in [9.17, 15) is 14.4 Å². The molecule has 0 aromatic rings. The molecule has 1 saturated heterocycles. The van der Waals surface area contributed by atoms with Gasteiger partial charge in [0, 0.05) is 37.9 Å². The van der Waals surface area contributed by atoms with E-state index < -0.39 is 0 Å². The maximum Gasteiger partial charge on any atom is 0.234 e. The van der Waals surface area contributed by atoms with Crippen LogP contribution >= 0.6 is 0 Å². The van der Waals surface area contributed by atoms with Gasteiger partial charge in [-0.3, -0.25) is 14.4 Å². The highest BCUT2D eigenvalue weighted by atomic mass is 16.2. The Balaban J connectivity index is 2.09. The van der Waals surface area contributed by atoms with Gasteiger partial charge in [-0.25, -0.2) is 0 Å². The standard InChI is InChI=1S/C20H37N3O3/c1-4-21-15-19(25)22-17-11-13-23(14-12-17)20(26)10-8-6-5-7-9-18(24)16(2)3/h16-17,21H,4-15H2,1-3H3,(H,22,25). The SMILES string of the molecule is CCNCC(=O)NC1CCN(C(=O)CCCCCCC(=O)C(C)C)CC1. The Morgan fingerprint density at radius 1 is 1.00 bits per heavy atom. The van der Waals surface area contributed by atoms with Crippen LogP contribution in [0.2, 0.25) is 0 Å². The quantitative estimate of drug-likeness (QED) is 0.519. The molecule has 1 heterocycles. The fraction of sp³-hybridized carbons (Fsp3) is 0.850. The summed E-state index contributed by atoms with van der Waals surface area (Å²) in [5.74, 6) is 0.724. The van der Waals surface area contributed by atoms with Crippen molar-refractivity contribution in [3.63, 3.8) is 0 Å². The van der Waals surface area contributed by atoms with E-state index in [1.165, 1.54) is 0 Å². The largest absolute Gasteiger partial charge is 0.352 e. The Morgan fingerprint density at radius 3 is 2.19 bits per heavy atom. The van der Waals surface area contributed by atoms with E-state index in [1.54, 1.807) is 0 Å². The second-order valence-electron chi connectivity index (χ2n) is 7.54. The predicted molar refractivity (Wildman–Crippen MR) is 104 cm³/mol. The number of Topliss-reactive ketones (excluding diaryl/α,β-unsaturated/α-hetero) is 1. The molecule has 0 unspecified atom stereocenters. The van der Waals surface area contributed by atoms with Crippen molar-refractivity contribution in [1.29, 1.82) is 0 Å². The highest BCUT2D eigenvalue weighted by Crippen LogP contribution is 2.14. The van der Waals surface area contributed by atoms with Crippen LogP contribution in [0.4, 0.5) is 0 Å². The van der Waals surface area contributed by atoms with Crippen molar-refractivity contribution >= 4 is 17.6 Å². The Labute approximate surface area is 158 Å². The van der Waals surface area contributed by atoms with Gasteiger partial charge in [0.05, 0.1) is 6.54 Å². The van der Waals surface area contributed by atoms with Gasteiger partial charge in [0.2, 0.25) is 11.8 Å². The molecular weight excluding hydrogens is 330 g/mol. The van der Waals surface area contributed by atoms with Crippen LogP contribution in [0.25, 0.3) is 0 Å². The Bertz CT molecular complexity index is 444. The van der Waals surface area contributed by atoms with Crippen LogP contribution in [-0.4, -0.2) is 54.7 Å². The van der Waals surface area contributed by atoms with Crippen LogP contribution in [0.5, 0.6) is 0 Å². The zero-order chi connectivity index (χ0) is 19.4. The van der Waals surface area contributed by atoms with Crippen LogP contribution in [0.3, 0.4) is 0 Å². The molecule has 0 aliphatic carbocycles. The Hall–Kier alpha value is -1.43. The summed E-state index contributed by atoms with van der Waals surface area (Å²) in [5.41, 5.74) is 0. The maximum absolute atomic E-state index is 12.3. The summed E-state index contributed by atoms with van der Waals surface area (Å²) in [5, 5.41) is 6.05. The summed E-state index contributed by atoms with van der Waals surface area (Å²) in [6.07, 6.45) is 6.78. The predicted octanol–water partition coefficient (Wildman–Crippen LogP) is 2.27. The van der Waals surface area contributed by atoms with Gasteiger partial charge in [0.25, 0.3) is 0 Å². The zero-order valence-corrected chi connectivity index (χ0v) is 16.8. The molecule has 1 aliphatic heterocycles. The highest BCUT2D eigenvalue weighted by Gasteiger charge is 2.23. The molecule has 1 fully saturated rings. The molecule has 26 heavy (non-hydrogen) atoms. The van der Waals surface area contributed by atoms with Crippen LogP contribution in [0.15, 0.2) is 0 Å². The number of likely N-dealkylation sites (tertiary alicyclic amines) is 1. The first-order valence-electron chi connectivity index (χ1n) is 10.2. The molecule has 0 atom stereocenters. The number of nitrogens with one attached hydrogen (secondary N) is 2. The van der Waals surface area contributed by atoms with E-state index in [4.69, 9.17) is 0 Å². The Kier molecular flexibility index (Phi) is 11.2. The number of hydrogen-bond donors (Lipinski definition) is 2. The molecule has 1 rings (SSSR count). The van der Waals surface area contributed by atoms with E-state index in [1.807, 2.05) is 25.7 Å². The van der Waals surface area contributed by atoms with E-state index in [0.717, 1.165) is 58.2 Å². The van der Waals surface area contributed by atoms with Crippen LogP contribution in [0, 0.1) is 5.92 Å². The van der Waals surface area contributed by atoms with Gasteiger partial charge in [0.1, 0.15) is 5.78 Å². The van der Waals surface area contributed by atoms with Crippen molar-refractivity contribution in [3.05, 3.63) is 0 Å². The number of piperidine rings is 1. The topological polar surface area (TPSA) is 78.5 Å². The number of amides is 2. The van der Waals surface area contributed by atoms with Gasteiger partial charge in [-0.2, -0.15) is 0 Å². The van der Waals surface area contributed by atoms with Crippen molar-refractivity contribution in [3.8, 4) is 0 Å². The van der Waals surface area contributed by atoms with Crippen LogP contribution in [0.1, 0.15) is 72.1 Å². The van der Waals surface area contributed by atoms with E-state index in [2.05, 4.69) is 10.6 Å².